The second-order valence-electron chi connectivity index (χ2n) is 5.33. The monoisotopic (exact) mass is 336 g/mol. The number of amides is 1. The molecule has 2 rings (SSSR count). The summed E-state index contributed by atoms with van der Waals surface area (Å²) in [6.45, 7) is 3.93. The third-order valence-electron chi connectivity index (χ3n) is 3.95. The van der Waals surface area contributed by atoms with E-state index in [-0.39, 0.29) is 24.4 Å². The highest BCUT2D eigenvalue weighted by molar-refractivity contribution is 8.01. The fourth-order valence-corrected chi connectivity index (χ4v) is 5.58. The van der Waals surface area contributed by atoms with Crippen LogP contribution in [-0.4, -0.2) is 74.2 Å². The lowest BCUT2D eigenvalue weighted by Crippen LogP contribution is -2.52. The first-order valence-electron chi connectivity index (χ1n) is 7.45. The number of sulfone groups is 1. The van der Waals surface area contributed by atoms with Gasteiger partial charge in [0.05, 0.1) is 6.10 Å². The molecule has 8 heteroatoms. The van der Waals surface area contributed by atoms with Crippen LogP contribution in [0.4, 0.5) is 0 Å². The lowest BCUT2D eigenvalue weighted by atomic mass is 10.1. The summed E-state index contributed by atoms with van der Waals surface area (Å²) in [5.41, 5.74) is 0. The molecule has 1 unspecified atom stereocenters. The molecule has 0 aromatic rings. The Morgan fingerprint density at radius 1 is 1.38 bits per heavy atom. The Kier molecular flexibility index (Phi) is 6.34. The van der Waals surface area contributed by atoms with Crippen LogP contribution in [0.3, 0.4) is 0 Å². The molecule has 1 N–H and O–H groups in total. The quantitative estimate of drug-likeness (QED) is 0.767. The van der Waals surface area contributed by atoms with Crippen molar-refractivity contribution in [1.29, 1.82) is 0 Å². The van der Waals surface area contributed by atoms with Gasteiger partial charge in [0.1, 0.15) is 12.0 Å². The van der Waals surface area contributed by atoms with E-state index >= 15 is 0 Å². The van der Waals surface area contributed by atoms with E-state index in [0.717, 1.165) is 31.7 Å². The maximum atomic E-state index is 12.3. The summed E-state index contributed by atoms with van der Waals surface area (Å²) < 4.78 is 29.9. The lowest BCUT2D eigenvalue weighted by molar-refractivity contribution is -0.139. The van der Waals surface area contributed by atoms with Crippen molar-refractivity contribution in [2.45, 2.75) is 31.2 Å². The Labute approximate surface area is 130 Å². The van der Waals surface area contributed by atoms with Crippen LogP contribution in [0.1, 0.15) is 19.8 Å². The third-order valence-corrected chi connectivity index (χ3v) is 7.24. The summed E-state index contributed by atoms with van der Waals surface area (Å²) in [6, 6.07) is 0. The van der Waals surface area contributed by atoms with Gasteiger partial charge in [-0.25, -0.2) is 8.42 Å². The average Bonchev–Trinajstić information content (AvgIpc) is 2.53. The Bertz CT molecular complexity index is 449. The second kappa shape index (κ2) is 7.80. The normalized spacial score (nSPS) is 25.0. The number of hydrogen-bond acceptors (Lipinski definition) is 6. The minimum atomic E-state index is -3.24. The molecule has 122 valence electrons. The van der Waals surface area contributed by atoms with Crippen LogP contribution in [0.5, 0.6) is 0 Å². The molecule has 2 aliphatic rings. The predicted octanol–water partition coefficient (Wildman–Crippen LogP) is 0.0912. The summed E-state index contributed by atoms with van der Waals surface area (Å²) in [5.74, 6) is 1.12. The Hall–Kier alpha value is -0.310. The van der Waals surface area contributed by atoms with Gasteiger partial charge in [-0.1, -0.05) is 6.92 Å². The van der Waals surface area contributed by atoms with Crippen LogP contribution in [0.15, 0.2) is 0 Å². The van der Waals surface area contributed by atoms with E-state index < -0.39 is 15.2 Å². The fourth-order valence-electron chi connectivity index (χ4n) is 2.59. The van der Waals surface area contributed by atoms with Crippen molar-refractivity contribution >= 4 is 27.5 Å². The molecule has 0 aromatic heterocycles. The molecular weight excluding hydrogens is 312 g/mol. The van der Waals surface area contributed by atoms with Gasteiger partial charge in [0.2, 0.25) is 5.91 Å². The summed E-state index contributed by atoms with van der Waals surface area (Å²) in [7, 11) is -3.24. The minimum absolute atomic E-state index is 0.00886. The van der Waals surface area contributed by atoms with Gasteiger partial charge in [-0.3, -0.25) is 4.79 Å². The van der Waals surface area contributed by atoms with Crippen molar-refractivity contribution in [2.75, 3.05) is 43.5 Å². The van der Waals surface area contributed by atoms with Crippen molar-refractivity contribution < 1.29 is 17.9 Å². The molecule has 0 bridgehead atoms. The van der Waals surface area contributed by atoms with Crippen molar-refractivity contribution in [3.63, 3.8) is 0 Å². The molecule has 0 aliphatic carbocycles. The molecule has 6 nitrogen and oxygen atoms in total. The zero-order chi connectivity index (χ0) is 15.3. The molecule has 21 heavy (non-hydrogen) atoms. The molecule has 0 saturated carbocycles. The van der Waals surface area contributed by atoms with Crippen molar-refractivity contribution in [2.24, 2.45) is 0 Å². The van der Waals surface area contributed by atoms with Gasteiger partial charge in [0.25, 0.3) is 0 Å². The smallest absolute Gasteiger partial charge is 0.249 e. The number of ether oxygens (including phenoxy) is 1. The number of nitrogens with zero attached hydrogens (tertiary/aromatic N) is 1. The summed E-state index contributed by atoms with van der Waals surface area (Å²) in [4.78, 5) is 13.8. The van der Waals surface area contributed by atoms with Gasteiger partial charge in [-0.2, -0.15) is 11.8 Å². The summed E-state index contributed by atoms with van der Waals surface area (Å²) in [5, 5.41) is 2.55. The first-order chi connectivity index (χ1) is 10.0. The van der Waals surface area contributed by atoms with E-state index in [1.165, 1.54) is 4.90 Å². The highest BCUT2D eigenvalue weighted by Crippen LogP contribution is 2.22. The fraction of sp³-hybridized carbons (Fsp3) is 0.923. The molecule has 2 saturated heterocycles. The van der Waals surface area contributed by atoms with Crippen LogP contribution >= 0.6 is 11.8 Å². The number of carbonyl (C=O) groups excluding carboxylic acids is 1. The van der Waals surface area contributed by atoms with Gasteiger partial charge in [-0.05, 0) is 25.9 Å². The summed E-state index contributed by atoms with van der Waals surface area (Å²) >= 11 is 1.59. The van der Waals surface area contributed by atoms with E-state index in [1.807, 2.05) is 0 Å². The average molecular weight is 336 g/mol. The van der Waals surface area contributed by atoms with Gasteiger partial charge in [-0.15, -0.1) is 0 Å². The van der Waals surface area contributed by atoms with Crippen LogP contribution in [0.25, 0.3) is 0 Å². The topological polar surface area (TPSA) is 75.7 Å². The standard InChI is InChI=1S/C13H24N2O4S2/c1-2-21(17,18)13-10-20-8-7-15(13)12(16)9-19-11-3-5-14-6-4-11/h11,13-14H,2-10H2,1H3. The number of rotatable bonds is 5. The van der Waals surface area contributed by atoms with Crippen LogP contribution in [0.2, 0.25) is 0 Å². The maximum Gasteiger partial charge on any atom is 0.249 e. The van der Waals surface area contributed by atoms with E-state index in [2.05, 4.69) is 5.32 Å². The Morgan fingerprint density at radius 3 is 2.76 bits per heavy atom. The summed E-state index contributed by atoms with van der Waals surface area (Å²) in [6.07, 6.45) is 1.91. The Balaban J connectivity index is 1.92. The number of carbonyl (C=O) groups is 1. The van der Waals surface area contributed by atoms with Crippen LogP contribution in [-0.2, 0) is 19.4 Å². The van der Waals surface area contributed by atoms with E-state index in [1.54, 1.807) is 18.7 Å². The van der Waals surface area contributed by atoms with Gasteiger partial charge >= 0.3 is 0 Å². The largest absolute Gasteiger partial charge is 0.368 e. The predicted molar refractivity (Wildman–Crippen MR) is 84.1 cm³/mol. The molecule has 1 atom stereocenters. The zero-order valence-corrected chi connectivity index (χ0v) is 14.0. The van der Waals surface area contributed by atoms with Crippen molar-refractivity contribution in [3.05, 3.63) is 0 Å². The number of hydrogen-bond donors (Lipinski definition) is 1. The highest BCUT2D eigenvalue weighted by atomic mass is 32.2. The highest BCUT2D eigenvalue weighted by Gasteiger charge is 2.35. The van der Waals surface area contributed by atoms with Gasteiger partial charge in [0.15, 0.2) is 9.84 Å². The molecule has 0 spiro atoms. The molecular formula is C13H24N2O4S2. The molecule has 2 aliphatic heterocycles. The van der Waals surface area contributed by atoms with E-state index in [4.69, 9.17) is 4.74 Å². The molecule has 1 amide bonds. The molecule has 0 radical (unpaired) electrons. The maximum absolute atomic E-state index is 12.3. The minimum Gasteiger partial charge on any atom is -0.368 e. The van der Waals surface area contributed by atoms with Gasteiger partial charge < -0.3 is 15.0 Å². The second-order valence-corrected chi connectivity index (χ2v) is 8.93. The van der Waals surface area contributed by atoms with Crippen molar-refractivity contribution in [1.82, 2.24) is 10.2 Å². The van der Waals surface area contributed by atoms with E-state index in [0.29, 0.717) is 12.3 Å². The lowest BCUT2D eigenvalue weighted by Gasteiger charge is -2.35. The van der Waals surface area contributed by atoms with Gasteiger partial charge in [0, 0.05) is 23.8 Å². The van der Waals surface area contributed by atoms with E-state index in [9.17, 15) is 13.2 Å². The first-order valence-corrected chi connectivity index (χ1v) is 10.3. The molecule has 2 fully saturated rings. The molecule has 2 heterocycles. The SMILES string of the molecule is CCS(=O)(=O)C1CSCCN1C(=O)COC1CCNCC1. The zero-order valence-electron chi connectivity index (χ0n) is 12.4. The van der Waals surface area contributed by atoms with Crippen LogP contribution < -0.4 is 5.32 Å². The van der Waals surface area contributed by atoms with Crippen LogP contribution in [0, 0.1) is 0 Å². The molecule has 0 aromatic carbocycles. The number of nitrogens with one attached hydrogen (secondary N) is 1. The third kappa shape index (κ3) is 4.58. The Morgan fingerprint density at radius 2 is 2.10 bits per heavy atom. The number of thioether (sulfide) groups is 1. The van der Waals surface area contributed by atoms with Crippen molar-refractivity contribution in [3.8, 4) is 0 Å². The first kappa shape index (κ1) is 17.1. The number of piperidine rings is 1.